The Morgan fingerprint density at radius 3 is 2.50 bits per heavy atom. The molecule has 0 fully saturated rings. The van der Waals surface area contributed by atoms with Gasteiger partial charge >= 0.3 is 0 Å². The molecule has 0 saturated heterocycles. The first-order chi connectivity index (χ1) is 13.3. The Morgan fingerprint density at radius 1 is 1.14 bits per heavy atom. The molecule has 1 unspecified atom stereocenters. The lowest BCUT2D eigenvalue weighted by atomic mass is 10.0. The predicted molar refractivity (Wildman–Crippen MR) is 107 cm³/mol. The molecular formula is C19H20BrFN4O3. The molecule has 0 saturated carbocycles. The van der Waals surface area contributed by atoms with E-state index >= 15 is 0 Å². The lowest BCUT2D eigenvalue weighted by molar-refractivity contribution is -0.127. The van der Waals surface area contributed by atoms with E-state index in [-0.39, 0.29) is 13.1 Å². The summed E-state index contributed by atoms with van der Waals surface area (Å²) >= 11 is 3.32. The Morgan fingerprint density at radius 2 is 1.86 bits per heavy atom. The topological polar surface area (TPSA) is 105 Å². The Hall–Kier alpha value is -2.78. The average molecular weight is 451 g/mol. The van der Waals surface area contributed by atoms with Crippen LogP contribution in [0.15, 0.2) is 53.0 Å². The zero-order valence-electron chi connectivity index (χ0n) is 15.1. The molecule has 28 heavy (non-hydrogen) atoms. The van der Waals surface area contributed by atoms with Crippen LogP contribution in [0.3, 0.4) is 0 Å². The highest BCUT2D eigenvalue weighted by Crippen LogP contribution is 2.21. The van der Waals surface area contributed by atoms with Gasteiger partial charge in [0.2, 0.25) is 17.7 Å². The van der Waals surface area contributed by atoms with Crippen LogP contribution in [0.25, 0.3) is 0 Å². The van der Waals surface area contributed by atoms with Crippen molar-refractivity contribution in [2.45, 2.75) is 6.04 Å². The van der Waals surface area contributed by atoms with Gasteiger partial charge in [-0.25, -0.2) is 4.39 Å². The van der Waals surface area contributed by atoms with Crippen molar-refractivity contribution in [3.05, 3.63) is 64.4 Å². The van der Waals surface area contributed by atoms with Crippen molar-refractivity contribution in [3.63, 3.8) is 0 Å². The second kappa shape index (κ2) is 9.95. The van der Waals surface area contributed by atoms with E-state index in [2.05, 4.69) is 26.6 Å². The van der Waals surface area contributed by atoms with Gasteiger partial charge in [-0.3, -0.25) is 19.3 Å². The van der Waals surface area contributed by atoms with E-state index in [1.165, 1.54) is 30.1 Å². The number of anilines is 1. The van der Waals surface area contributed by atoms with Crippen LogP contribution >= 0.6 is 15.9 Å². The fraction of sp³-hybridized carbons (Fsp3) is 0.211. The SMILES string of the molecule is CN(CC(=O)NCC(=O)Nc1ccccc1Br)C(C(N)=O)c1cccc(F)c1. The quantitative estimate of drug-likeness (QED) is 0.570. The lowest BCUT2D eigenvalue weighted by Gasteiger charge is -2.25. The maximum absolute atomic E-state index is 13.4. The Kier molecular flexibility index (Phi) is 7.65. The Labute approximate surface area is 170 Å². The lowest BCUT2D eigenvalue weighted by Crippen LogP contribution is -2.43. The zero-order chi connectivity index (χ0) is 20.7. The number of carbonyl (C=O) groups excluding carboxylic acids is 3. The van der Waals surface area contributed by atoms with Crippen molar-refractivity contribution in [2.24, 2.45) is 5.73 Å². The summed E-state index contributed by atoms with van der Waals surface area (Å²) in [6, 6.07) is 11.5. The van der Waals surface area contributed by atoms with E-state index in [4.69, 9.17) is 5.73 Å². The van der Waals surface area contributed by atoms with Crippen molar-refractivity contribution in [1.82, 2.24) is 10.2 Å². The fourth-order valence-corrected chi connectivity index (χ4v) is 3.01. The molecule has 0 aromatic heterocycles. The number of benzene rings is 2. The number of nitrogens with one attached hydrogen (secondary N) is 2. The van der Waals surface area contributed by atoms with E-state index in [1.807, 2.05) is 6.07 Å². The van der Waals surface area contributed by atoms with Crippen molar-refractivity contribution in [2.75, 3.05) is 25.5 Å². The summed E-state index contributed by atoms with van der Waals surface area (Å²) in [5.41, 5.74) is 6.34. The summed E-state index contributed by atoms with van der Waals surface area (Å²) in [7, 11) is 1.51. The number of halogens is 2. The number of likely N-dealkylation sites (N-methyl/N-ethyl adjacent to an activating group) is 1. The molecule has 7 nitrogen and oxygen atoms in total. The number of para-hydroxylation sites is 1. The van der Waals surface area contributed by atoms with Crippen LogP contribution in [0.1, 0.15) is 11.6 Å². The second-order valence-electron chi connectivity index (χ2n) is 6.08. The molecule has 9 heteroatoms. The van der Waals surface area contributed by atoms with Gasteiger partial charge in [-0.05, 0) is 52.8 Å². The van der Waals surface area contributed by atoms with Crippen LogP contribution < -0.4 is 16.4 Å². The molecule has 3 amide bonds. The number of rotatable bonds is 8. The summed E-state index contributed by atoms with van der Waals surface area (Å²) in [5, 5.41) is 5.14. The van der Waals surface area contributed by atoms with E-state index in [9.17, 15) is 18.8 Å². The third kappa shape index (κ3) is 6.14. The minimum Gasteiger partial charge on any atom is -0.368 e. The van der Waals surface area contributed by atoms with E-state index in [0.29, 0.717) is 15.7 Å². The maximum Gasteiger partial charge on any atom is 0.243 e. The van der Waals surface area contributed by atoms with E-state index in [1.54, 1.807) is 24.3 Å². The third-order valence-corrected chi connectivity index (χ3v) is 4.55. The molecular weight excluding hydrogens is 431 g/mol. The van der Waals surface area contributed by atoms with Crippen LogP contribution in [0.5, 0.6) is 0 Å². The first kappa shape index (κ1) is 21.5. The van der Waals surface area contributed by atoms with Crippen LogP contribution in [-0.4, -0.2) is 42.8 Å². The third-order valence-electron chi connectivity index (χ3n) is 3.86. The minimum atomic E-state index is -0.976. The van der Waals surface area contributed by atoms with E-state index < -0.39 is 29.6 Å². The highest BCUT2D eigenvalue weighted by Gasteiger charge is 2.25. The number of amides is 3. The van der Waals surface area contributed by atoms with Gasteiger partial charge in [0.25, 0.3) is 0 Å². The number of hydrogen-bond donors (Lipinski definition) is 3. The van der Waals surface area contributed by atoms with E-state index in [0.717, 1.165) is 0 Å². The standard InChI is InChI=1S/C19H20BrFN4O3/c1-25(18(19(22)28)12-5-4-6-13(21)9-12)11-17(27)23-10-16(26)24-15-8-3-2-7-14(15)20/h2-9,18H,10-11H2,1H3,(H2,22,28)(H,23,27)(H,24,26). The largest absolute Gasteiger partial charge is 0.368 e. The molecule has 0 aliphatic heterocycles. The smallest absolute Gasteiger partial charge is 0.243 e. The molecule has 4 N–H and O–H groups in total. The molecule has 0 aliphatic carbocycles. The molecule has 2 aromatic carbocycles. The van der Waals surface area contributed by atoms with Crippen molar-refractivity contribution >= 4 is 39.3 Å². The summed E-state index contributed by atoms with van der Waals surface area (Å²) in [5.74, 6) is -2.11. The number of carbonyl (C=O) groups is 3. The molecule has 2 rings (SSSR count). The Balaban J connectivity index is 1.91. The molecule has 2 aromatic rings. The van der Waals surface area contributed by atoms with Crippen molar-refractivity contribution in [1.29, 1.82) is 0 Å². The molecule has 0 spiro atoms. The van der Waals surface area contributed by atoms with Gasteiger partial charge in [0, 0.05) is 4.47 Å². The first-order valence-corrected chi connectivity index (χ1v) is 9.13. The number of nitrogens with zero attached hydrogens (tertiary/aromatic N) is 1. The fourth-order valence-electron chi connectivity index (χ4n) is 2.62. The maximum atomic E-state index is 13.4. The molecule has 0 bridgehead atoms. The minimum absolute atomic E-state index is 0.202. The predicted octanol–water partition coefficient (Wildman–Crippen LogP) is 1.80. The molecule has 0 aliphatic rings. The highest BCUT2D eigenvalue weighted by atomic mass is 79.9. The summed E-state index contributed by atoms with van der Waals surface area (Å²) in [6.07, 6.45) is 0. The van der Waals surface area contributed by atoms with Gasteiger partial charge in [-0.2, -0.15) is 0 Å². The van der Waals surface area contributed by atoms with Crippen molar-refractivity contribution < 1.29 is 18.8 Å². The average Bonchev–Trinajstić information content (AvgIpc) is 2.62. The van der Waals surface area contributed by atoms with Crippen LogP contribution in [0, 0.1) is 5.82 Å². The van der Waals surface area contributed by atoms with Crippen LogP contribution in [-0.2, 0) is 14.4 Å². The van der Waals surface area contributed by atoms with Gasteiger partial charge in [0.15, 0.2) is 0 Å². The number of primary amides is 1. The Bertz CT molecular complexity index is 878. The molecule has 1 atom stereocenters. The molecule has 0 heterocycles. The van der Waals surface area contributed by atoms with Crippen LogP contribution in [0.2, 0.25) is 0 Å². The van der Waals surface area contributed by atoms with Gasteiger partial charge in [0.1, 0.15) is 11.9 Å². The van der Waals surface area contributed by atoms with Gasteiger partial charge in [0.05, 0.1) is 18.8 Å². The number of nitrogens with two attached hydrogens (primary N) is 1. The summed E-state index contributed by atoms with van der Waals surface area (Å²) < 4.78 is 14.2. The highest BCUT2D eigenvalue weighted by molar-refractivity contribution is 9.10. The summed E-state index contributed by atoms with van der Waals surface area (Å²) in [4.78, 5) is 37.3. The molecule has 0 radical (unpaired) electrons. The molecule has 148 valence electrons. The van der Waals surface area contributed by atoms with Gasteiger partial charge in [-0.15, -0.1) is 0 Å². The van der Waals surface area contributed by atoms with Crippen LogP contribution in [0.4, 0.5) is 10.1 Å². The normalized spacial score (nSPS) is 11.7. The van der Waals surface area contributed by atoms with Crippen molar-refractivity contribution in [3.8, 4) is 0 Å². The summed E-state index contributed by atoms with van der Waals surface area (Å²) in [6.45, 7) is -0.443. The first-order valence-electron chi connectivity index (χ1n) is 8.34. The number of hydrogen-bond acceptors (Lipinski definition) is 4. The second-order valence-corrected chi connectivity index (χ2v) is 6.93. The zero-order valence-corrected chi connectivity index (χ0v) is 16.7. The van der Waals surface area contributed by atoms with Gasteiger partial charge in [-0.1, -0.05) is 24.3 Å². The van der Waals surface area contributed by atoms with Gasteiger partial charge < -0.3 is 16.4 Å². The monoisotopic (exact) mass is 450 g/mol.